The van der Waals surface area contributed by atoms with Crippen LogP contribution in [0.3, 0.4) is 0 Å². The van der Waals surface area contributed by atoms with E-state index in [1.54, 1.807) is 36.1 Å². The molecule has 0 fully saturated rings. The van der Waals surface area contributed by atoms with E-state index >= 15 is 0 Å². The molecular weight excluding hydrogens is 507 g/mol. The van der Waals surface area contributed by atoms with Crippen LogP contribution in [-0.4, -0.2) is 39.6 Å². The fraction of sp³-hybridized carbons (Fsp3) is 0.333. The first kappa shape index (κ1) is 22.0. The van der Waals surface area contributed by atoms with Gasteiger partial charge in [0.2, 0.25) is 5.91 Å². The normalized spacial score (nSPS) is 23.4. The van der Waals surface area contributed by atoms with Gasteiger partial charge in [0.05, 0.1) is 12.6 Å². The molecule has 2 aliphatic heterocycles. The third-order valence-electron chi connectivity index (χ3n) is 6.25. The number of carbonyl (C=O) groups is 2. The molecule has 0 unspecified atom stereocenters. The summed E-state index contributed by atoms with van der Waals surface area (Å²) in [6, 6.07) is 13.2. The van der Waals surface area contributed by atoms with Crippen LogP contribution in [0.1, 0.15) is 30.0 Å². The van der Waals surface area contributed by atoms with Gasteiger partial charge in [0.25, 0.3) is 5.91 Å². The molecule has 2 aliphatic rings. The van der Waals surface area contributed by atoms with Gasteiger partial charge in [-0.3, -0.25) is 9.59 Å². The first-order valence-corrected chi connectivity index (χ1v) is 11.4. The van der Waals surface area contributed by atoms with Crippen LogP contribution in [0.15, 0.2) is 54.6 Å². The summed E-state index contributed by atoms with van der Waals surface area (Å²) < 4.78 is 0.929. The topological polar surface area (TPSA) is 89.9 Å². The number of halogens is 1. The molecule has 3 atom stereocenters. The minimum Gasteiger partial charge on any atom is -0.394 e. The molecule has 0 radical (unpaired) electrons. The van der Waals surface area contributed by atoms with Crippen LogP contribution in [0, 0.1) is 9.49 Å². The molecule has 3 N–H and O–H groups in total. The summed E-state index contributed by atoms with van der Waals surface area (Å²) in [6.07, 6.45) is 4.20. The van der Waals surface area contributed by atoms with E-state index in [-0.39, 0.29) is 25.0 Å². The van der Waals surface area contributed by atoms with Gasteiger partial charge in [-0.05, 0) is 58.3 Å². The average Bonchev–Trinajstić information content (AvgIpc) is 3.03. The number of carbonyl (C=O) groups excluding carboxylic acids is 2. The lowest BCUT2D eigenvalue weighted by molar-refractivity contribution is -0.137. The molecule has 2 amide bonds. The van der Waals surface area contributed by atoms with Crippen molar-refractivity contribution in [3.63, 3.8) is 0 Å². The first-order chi connectivity index (χ1) is 14.8. The Morgan fingerprint density at radius 3 is 2.81 bits per heavy atom. The summed E-state index contributed by atoms with van der Waals surface area (Å²) in [5.74, 6) is -1.06. The van der Waals surface area contributed by atoms with Gasteiger partial charge < -0.3 is 20.4 Å². The van der Waals surface area contributed by atoms with E-state index in [0.29, 0.717) is 24.2 Å². The molecule has 0 aliphatic carbocycles. The quantitative estimate of drug-likeness (QED) is 0.408. The zero-order chi connectivity index (χ0) is 22.2. The molecule has 31 heavy (non-hydrogen) atoms. The van der Waals surface area contributed by atoms with Gasteiger partial charge in [0.1, 0.15) is 0 Å². The second-order valence-corrected chi connectivity index (χ2v) is 9.41. The molecule has 2 aromatic rings. The van der Waals surface area contributed by atoms with E-state index in [2.05, 4.69) is 27.9 Å². The molecule has 0 aromatic heterocycles. The zero-order valence-electron chi connectivity index (χ0n) is 17.2. The number of hydrogen-bond acceptors (Lipinski definition) is 4. The van der Waals surface area contributed by atoms with Gasteiger partial charge in [-0.25, -0.2) is 0 Å². The fourth-order valence-corrected chi connectivity index (χ4v) is 4.90. The van der Waals surface area contributed by atoms with Gasteiger partial charge in [-0.2, -0.15) is 0 Å². The van der Waals surface area contributed by atoms with Crippen molar-refractivity contribution in [1.82, 2.24) is 4.90 Å². The Labute approximate surface area is 195 Å². The molecule has 4 rings (SSSR count). The van der Waals surface area contributed by atoms with Crippen molar-refractivity contribution in [3.8, 4) is 0 Å². The Balaban J connectivity index is 1.47. The fourth-order valence-electron chi connectivity index (χ4n) is 4.40. The smallest absolute Gasteiger partial charge is 0.261 e. The maximum absolute atomic E-state index is 12.9. The van der Waals surface area contributed by atoms with Crippen LogP contribution in [0.25, 0.3) is 0 Å². The number of fused-ring (bicyclic) bond motifs is 2. The molecule has 2 aromatic carbocycles. The van der Waals surface area contributed by atoms with Gasteiger partial charge in [0.15, 0.2) is 5.60 Å². The Kier molecular flexibility index (Phi) is 6.18. The molecule has 0 saturated heterocycles. The highest BCUT2D eigenvalue weighted by Crippen LogP contribution is 2.42. The van der Waals surface area contributed by atoms with Crippen LogP contribution >= 0.6 is 22.6 Å². The van der Waals surface area contributed by atoms with Crippen molar-refractivity contribution in [2.75, 3.05) is 11.9 Å². The maximum atomic E-state index is 12.9. The van der Waals surface area contributed by atoms with Crippen LogP contribution in [0.2, 0.25) is 0 Å². The molecule has 7 heteroatoms. The first-order valence-electron chi connectivity index (χ1n) is 10.3. The predicted molar refractivity (Wildman–Crippen MR) is 126 cm³/mol. The molecular formula is C24H25IN2O4. The lowest BCUT2D eigenvalue weighted by Crippen LogP contribution is -2.46. The number of aliphatic hydroxyl groups excluding tert-OH is 1. The zero-order valence-corrected chi connectivity index (χ0v) is 19.4. The summed E-state index contributed by atoms with van der Waals surface area (Å²) in [7, 11) is 0. The van der Waals surface area contributed by atoms with Gasteiger partial charge in [-0.1, -0.05) is 43.3 Å². The highest BCUT2D eigenvalue weighted by atomic mass is 127. The summed E-state index contributed by atoms with van der Waals surface area (Å²) in [5.41, 5.74) is 1.76. The van der Waals surface area contributed by atoms with Gasteiger partial charge in [-0.15, -0.1) is 0 Å². The monoisotopic (exact) mass is 532 g/mol. The third kappa shape index (κ3) is 4.02. The number of hydrogen-bond donors (Lipinski definition) is 3. The van der Waals surface area contributed by atoms with Crippen molar-refractivity contribution in [2.24, 2.45) is 5.92 Å². The van der Waals surface area contributed by atoms with Crippen molar-refractivity contribution < 1.29 is 19.8 Å². The van der Waals surface area contributed by atoms with E-state index in [9.17, 15) is 19.8 Å². The lowest BCUT2D eigenvalue weighted by Gasteiger charge is -2.36. The number of amides is 2. The summed E-state index contributed by atoms with van der Waals surface area (Å²) in [6.45, 7) is 2.15. The minimum atomic E-state index is -1.67. The largest absolute Gasteiger partial charge is 0.394 e. The van der Waals surface area contributed by atoms with Crippen LogP contribution in [0.4, 0.5) is 5.69 Å². The Morgan fingerprint density at radius 2 is 2.06 bits per heavy atom. The number of aliphatic hydroxyl groups is 2. The van der Waals surface area contributed by atoms with E-state index < -0.39 is 17.4 Å². The molecule has 6 nitrogen and oxygen atoms in total. The number of benzene rings is 2. The van der Waals surface area contributed by atoms with Crippen LogP contribution < -0.4 is 5.32 Å². The third-order valence-corrected chi connectivity index (χ3v) is 6.92. The Morgan fingerprint density at radius 1 is 1.32 bits per heavy atom. The van der Waals surface area contributed by atoms with Crippen molar-refractivity contribution in [1.29, 1.82) is 0 Å². The van der Waals surface area contributed by atoms with E-state index in [1.807, 2.05) is 30.3 Å². The molecule has 162 valence electrons. The van der Waals surface area contributed by atoms with E-state index in [4.69, 9.17) is 0 Å². The van der Waals surface area contributed by atoms with Crippen molar-refractivity contribution in [3.05, 3.63) is 74.9 Å². The molecule has 2 heterocycles. The molecule has 0 spiro atoms. The highest BCUT2D eigenvalue weighted by molar-refractivity contribution is 14.1. The predicted octanol–water partition coefficient (Wildman–Crippen LogP) is 2.96. The van der Waals surface area contributed by atoms with Gasteiger partial charge >= 0.3 is 0 Å². The summed E-state index contributed by atoms with van der Waals surface area (Å²) >= 11 is 2.15. The number of nitrogens with zero attached hydrogens (tertiary/aromatic N) is 1. The van der Waals surface area contributed by atoms with Crippen LogP contribution in [0.5, 0.6) is 0 Å². The van der Waals surface area contributed by atoms with E-state index in [1.165, 1.54) is 0 Å². The summed E-state index contributed by atoms with van der Waals surface area (Å²) in [4.78, 5) is 27.2. The van der Waals surface area contributed by atoms with Gasteiger partial charge in [0, 0.05) is 33.7 Å². The molecule has 0 saturated carbocycles. The number of rotatable bonds is 5. The van der Waals surface area contributed by atoms with Crippen molar-refractivity contribution in [2.45, 2.75) is 38.0 Å². The maximum Gasteiger partial charge on any atom is 0.261 e. The van der Waals surface area contributed by atoms with E-state index in [0.717, 1.165) is 14.7 Å². The SMILES string of the molecule is C[C@H](/C=C/CC(=O)N1Cc2ccccc2C[C@H]1CO)[C@@]1(O)C(=O)Nc2ccc(I)cc21. The molecule has 0 bridgehead atoms. The van der Waals surface area contributed by atoms with Crippen molar-refractivity contribution >= 4 is 40.1 Å². The average molecular weight is 532 g/mol. The number of nitrogens with one attached hydrogen (secondary N) is 1. The Bertz CT molecular complexity index is 1050. The standard InChI is InChI=1S/C24H25IN2O4/c1-15(24(31)20-12-18(25)9-10-21(20)26-23(24)30)5-4-8-22(29)27-13-17-7-3-2-6-16(17)11-19(27)14-28/h2-7,9-10,12,15,19,28,31H,8,11,13-14H2,1H3,(H,26,30)/b5-4+/t15-,19+,24+/m1/s1. The number of anilines is 1. The summed E-state index contributed by atoms with van der Waals surface area (Å²) in [5, 5.41) is 23.7. The Hall–Kier alpha value is -2.23. The highest BCUT2D eigenvalue weighted by Gasteiger charge is 2.48. The second-order valence-electron chi connectivity index (χ2n) is 8.16. The second kappa shape index (κ2) is 8.72. The lowest BCUT2D eigenvalue weighted by atomic mass is 9.83. The minimum absolute atomic E-state index is 0.0878. The van der Waals surface area contributed by atoms with Crippen LogP contribution in [-0.2, 0) is 28.2 Å².